The molecular weight excluding hydrogens is 379 g/mol. The minimum atomic E-state index is -1.14. The summed E-state index contributed by atoms with van der Waals surface area (Å²) >= 11 is 0. The van der Waals surface area contributed by atoms with Crippen LogP contribution in [0.3, 0.4) is 0 Å². The highest BCUT2D eigenvalue weighted by Gasteiger charge is 2.44. The molecule has 4 rings (SSSR count). The van der Waals surface area contributed by atoms with Gasteiger partial charge in [-0.3, -0.25) is 9.59 Å². The van der Waals surface area contributed by atoms with Gasteiger partial charge in [-0.05, 0) is 73.4 Å². The fraction of sp³-hybridized carbons (Fsp3) is 0.440. The molecule has 0 saturated heterocycles. The normalized spacial score (nSPS) is 29.8. The highest BCUT2D eigenvalue weighted by molar-refractivity contribution is 5.96. The smallest absolute Gasteiger partial charge is 0.164 e. The lowest BCUT2D eigenvalue weighted by molar-refractivity contribution is -0.128. The zero-order valence-corrected chi connectivity index (χ0v) is 17.4. The summed E-state index contributed by atoms with van der Waals surface area (Å²) in [7, 11) is 0. The molecule has 5 heteroatoms. The van der Waals surface area contributed by atoms with E-state index in [9.17, 15) is 14.0 Å². The molecular formula is C25H29FN2O2. The number of rotatable bonds is 3. The Morgan fingerprint density at radius 2 is 1.63 bits per heavy atom. The van der Waals surface area contributed by atoms with Gasteiger partial charge in [0.05, 0.1) is 0 Å². The third kappa shape index (κ3) is 3.40. The molecule has 0 spiro atoms. The fourth-order valence-corrected chi connectivity index (χ4v) is 5.18. The third-order valence-corrected chi connectivity index (χ3v) is 7.05. The van der Waals surface area contributed by atoms with Gasteiger partial charge in [-0.15, -0.1) is 0 Å². The fourth-order valence-electron chi connectivity index (χ4n) is 5.18. The molecule has 0 aromatic heterocycles. The number of benzene rings is 2. The second-order valence-electron chi connectivity index (χ2n) is 8.96. The number of ketones is 2. The Balaban J connectivity index is 1.71. The van der Waals surface area contributed by atoms with Crippen LogP contribution >= 0.6 is 0 Å². The minimum Gasteiger partial charge on any atom is -0.315 e. The van der Waals surface area contributed by atoms with E-state index in [0.29, 0.717) is 31.2 Å². The standard InChI is InChI=1S/C25H29FN2O2/c1-16-7-8-17(15-21(16)25(28)13-3-2-6-22(25)29)20-5-4-14-24(27,23(20)30)18-9-11-19(26)12-10-18/h7-12,15,20H,2-6,13-14,27-28H2,1H3. The third-order valence-electron chi connectivity index (χ3n) is 7.05. The molecule has 2 fully saturated rings. The van der Waals surface area contributed by atoms with E-state index in [1.807, 2.05) is 25.1 Å². The van der Waals surface area contributed by atoms with Gasteiger partial charge in [0.25, 0.3) is 0 Å². The molecule has 2 aromatic carbocycles. The van der Waals surface area contributed by atoms with Gasteiger partial charge in [0, 0.05) is 12.3 Å². The number of aryl methyl sites for hydroxylation is 1. The van der Waals surface area contributed by atoms with E-state index in [1.54, 1.807) is 12.1 Å². The Hall–Kier alpha value is -2.37. The van der Waals surface area contributed by atoms with Gasteiger partial charge in [0.1, 0.15) is 16.9 Å². The topological polar surface area (TPSA) is 86.2 Å². The molecule has 2 aromatic rings. The van der Waals surface area contributed by atoms with Crippen molar-refractivity contribution in [1.82, 2.24) is 0 Å². The van der Waals surface area contributed by atoms with Crippen molar-refractivity contribution >= 4 is 11.6 Å². The molecule has 0 heterocycles. The van der Waals surface area contributed by atoms with Crippen molar-refractivity contribution in [2.45, 2.75) is 68.9 Å². The molecule has 158 valence electrons. The Labute approximate surface area is 176 Å². The van der Waals surface area contributed by atoms with Gasteiger partial charge in [0.2, 0.25) is 0 Å². The van der Waals surface area contributed by atoms with Crippen LogP contribution in [0.5, 0.6) is 0 Å². The Kier molecular flexibility index (Phi) is 5.37. The van der Waals surface area contributed by atoms with Crippen LogP contribution in [0.1, 0.15) is 73.1 Å². The summed E-state index contributed by atoms with van der Waals surface area (Å²) in [5.74, 6) is -0.703. The maximum absolute atomic E-state index is 13.5. The van der Waals surface area contributed by atoms with Gasteiger partial charge < -0.3 is 11.5 Å². The Bertz CT molecular complexity index is 987. The van der Waals surface area contributed by atoms with Gasteiger partial charge >= 0.3 is 0 Å². The van der Waals surface area contributed by atoms with Crippen LogP contribution in [0, 0.1) is 12.7 Å². The molecule has 0 bridgehead atoms. The van der Waals surface area contributed by atoms with Crippen LogP contribution < -0.4 is 11.5 Å². The molecule has 4 N–H and O–H groups in total. The molecule has 2 aliphatic carbocycles. The second-order valence-corrected chi connectivity index (χ2v) is 8.96. The number of carbonyl (C=O) groups excluding carboxylic acids is 2. The lowest BCUT2D eigenvalue weighted by Crippen LogP contribution is -2.50. The van der Waals surface area contributed by atoms with Gasteiger partial charge in [-0.2, -0.15) is 0 Å². The van der Waals surface area contributed by atoms with E-state index in [4.69, 9.17) is 11.5 Å². The molecule has 2 saturated carbocycles. The van der Waals surface area contributed by atoms with E-state index < -0.39 is 11.1 Å². The Morgan fingerprint density at radius 3 is 2.33 bits per heavy atom. The monoisotopic (exact) mass is 408 g/mol. The molecule has 0 radical (unpaired) electrons. The number of Topliss-reactive ketones (excluding diaryl/α,β-unsaturated/α-hetero) is 2. The second kappa shape index (κ2) is 7.71. The number of hydrogen-bond donors (Lipinski definition) is 2. The van der Waals surface area contributed by atoms with Crippen LogP contribution in [0.2, 0.25) is 0 Å². The average molecular weight is 409 g/mol. The van der Waals surface area contributed by atoms with Crippen LogP contribution in [-0.2, 0) is 20.7 Å². The summed E-state index contributed by atoms with van der Waals surface area (Å²) in [6.45, 7) is 1.96. The predicted octanol–water partition coefficient (Wildman–Crippen LogP) is 4.12. The first-order chi connectivity index (χ1) is 14.3. The summed E-state index contributed by atoms with van der Waals surface area (Å²) in [4.78, 5) is 26.2. The average Bonchev–Trinajstić information content (AvgIpc) is 2.73. The van der Waals surface area contributed by atoms with Gasteiger partial charge in [-0.1, -0.05) is 36.8 Å². The molecule has 3 unspecified atom stereocenters. The molecule has 0 amide bonds. The van der Waals surface area contributed by atoms with E-state index in [1.165, 1.54) is 12.1 Å². The maximum Gasteiger partial charge on any atom is 0.164 e. The molecule has 30 heavy (non-hydrogen) atoms. The van der Waals surface area contributed by atoms with E-state index in [-0.39, 0.29) is 23.3 Å². The molecule has 4 nitrogen and oxygen atoms in total. The highest BCUT2D eigenvalue weighted by Crippen LogP contribution is 2.42. The summed E-state index contributed by atoms with van der Waals surface area (Å²) < 4.78 is 13.4. The molecule has 2 aliphatic rings. The number of nitrogens with two attached hydrogens (primary N) is 2. The number of hydrogen-bond acceptors (Lipinski definition) is 4. The lowest BCUT2D eigenvalue weighted by atomic mass is 9.68. The largest absolute Gasteiger partial charge is 0.315 e. The summed E-state index contributed by atoms with van der Waals surface area (Å²) in [6, 6.07) is 11.8. The van der Waals surface area contributed by atoms with E-state index in [2.05, 4.69) is 0 Å². The molecule has 3 atom stereocenters. The van der Waals surface area contributed by atoms with E-state index in [0.717, 1.165) is 36.0 Å². The van der Waals surface area contributed by atoms with Crippen molar-refractivity contribution in [1.29, 1.82) is 0 Å². The SMILES string of the molecule is Cc1ccc(C2CCCC(N)(c3ccc(F)cc3)C2=O)cc1C1(N)CCCCC1=O. The van der Waals surface area contributed by atoms with Crippen LogP contribution in [0.4, 0.5) is 4.39 Å². The minimum absolute atomic E-state index is 0.0591. The van der Waals surface area contributed by atoms with Crippen LogP contribution in [0.25, 0.3) is 0 Å². The van der Waals surface area contributed by atoms with E-state index >= 15 is 0 Å². The number of halogens is 1. The van der Waals surface area contributed by atoms with Crippen molar-refractivity contribution in [3.05, 3.63) is 70.5 Å². The van der Waals surface area contributed by atoms with Crippen molar-refractivity contribution in [3.8, 4) is 0 Å². The van der Waals surface area contributed by atoms with Crippen molar-refractivity contribution in [2.24, 2.45) is 11.5 Å². The van der Waals surface area contributed by atoms with Crippen molar-refractivity contribution in [2.75, 3.05) is 0 Å². The summed E-state index contributed by atoms with van der Waals surface area (Å²) in [5, 5.41) is 0. The van der Waals surface area contributed by atoms with Crippen molar-refractivity contribution in [3.63, 3.8) is 0 Å². The van der Waals surface area contributed by atoms with Gasteiger partial charge in [0.15, 0.2) is 11.6 Å². The zero-order valence-electron chi connectivity index (χ0n) is 17.4. The van der Waals surface area contributed by atoms with Gasteiger partial charge in [-0.25, -0.2) is 4.39 Å². The van der Waals surface area contributed by atoms with Crippen LogP contribution in [0.15, 0.2) is 42.5 Å². The summed E-state index contributed by atoms with van der Waals surface area (Å²) in [5.41, 5.74) is 14.4. The Morgan fingerprint density at radius 1 is 0.933 bits per heavy atom. The maximum atomic E-state index is 13.5. The lowest BCUT2D eigenvalue weighted by Gasteiger charge is -2.38. The summed E-state index contributed by atoms with van der Waals surface area (Å²) in [6.07, 6.45) is 4.96. The first kappa shape index (κ1) is 20.9. The predicted molar refractivity (Wildman–Crippen MR) is 114 cm³/mol. The number of carbonyl (C=O) groups is 2. The first-order valence-corrected chi connectivity index (χ1v) is 10.8. The zero-order chi connectivity index (χ0) is 21.5. The van der Waals surface area contributed by atoms with Crippen LogP contribution in [-0.4, -0.2) is 11.6 Å². The highest BCUT2D eigenvalue weighted by atomic mass is 19.1. The quantitative estimate of drug-likeness (QED) is 0.800. The first-order valence-electron chi connectivity index (χ1n) is 10.8. The van der Waals surface area contributed by atoms with Crippen molar-refractivity contribution < 1.29 is 14.0 Å². The molecule has 0 aliphatic heterocycles.